The fourth-order valence-electron chi connectivity index (χ4n) is 3.77. The number of methoxy groups -OCH3 is 1. The first kappa shape index (κ1) is 25.1. The van der Waals surface area contributed by atoms with Crippen molar-refractivity contribution in [3.05, 3.63) is 119 Å². The Balaban J connectivity index is 1.49. The van der Waals surface area contributed by atoms with Gasteiger partial charge in [0.2, 0.25) is 5.91 Å². The lowest BCUT2D eigenvalue weighted by Gasteiger charge is -2.18. The molecule has 0 bridgehead atoms. The van der Waals surface area contributed by atoms with Crippen LogP contribution in [0.3, 0.4) is 0 Å². The maximum absolute atomic E-state index is 13.4. The molecule has 0 aliphatic rings. The van der Waals surface area contributed by atoms with Gasteiger partial charge in [0.15, 0.2) is 0 Å². The largest absolute Gasteiger partial charge is 0.497 e. The van der Waals surface area contributed by atoms with Gasteiger partial charge in [-0.2, -0.15) is 0 Å². The standard InChI is InChI=1S/C30H28N2O3S/c1-20-12-17-27(21(2)18-20)32-30(34)28(22-8-5-4-6-9-22)36-26-15-13-24(14-16-26)31-29(33)23-10-7-11-25(19-23)35-3/h4-19,28H,1-3H3,(H,31,33)(H,32,34). The van der Waals surface area contributed by atoms with Crippen molar-refractivity contribution in [2.45, 2.75) is 24.0 Å². The SMILES string of the molecule is COc1cccc(C(=O)Nc2ccc(SC(C(=O)Nc3ccc(C)cc3C)c3ccccc3)cc2)c1. The second kappa shape index (κ2) is 11.6. The molecule has 0 radical (unpaired) electrons. The van der Waals surface area contributed by atoms with Crippen molar-refractivity contribution in [1.29, 1.82) is 0 Å². The van der Waals surface area contributed by atoms with Crippen molar-refractivity contribution in [2.24, 2.45) is 0 Å². The summed E-state index contributed by atoms with van der Waals surface area (Å²) in [6, 6.07) is 30.2. The van der Waals surface area contributed by atoms with Gasteiger partial charge in [0.25, 0.3) is 5.91 Å². The number of benzene rings is 4. The van der Waals surface area contributed by atoms with E-state index >= 15 is 0 Å². The van der Waals surface area contributed by atoms with Crippen LogP contribution in [0.5, 0.6) is 5.75 Å². The second-order valence-corrected chi connectivity index (χ2v) is 9.61. The Morgan fingerprint density at radius 1 is 0.806 bits per heavy atom. The van der Waals surface area contributed by atoms with Crippen molar-refractivity contribution in [2.75, 3.05) is 17.7 Å². The fraction of sp³-hybridized carbons (Fsp3) is 0.133. The lowest BCUT2D eigenvalue weighted by Crippen LogP contribution is -2.19. The summed E-state index contributed by atoms with van der Waals surface area (Å²) in [5.41, 5.74) is 5.08. The van der Waals surface area contributed by atoms with Crippen molar-refractivity contribution in [3.63, 3.8) is 0 Å². The molecule has 36 heavy (non-hydrogen) atoms. The molecule has 2 amide bonds. The van der Waals surface area contributed by atoms with E-state index in [1.165, 1.54) is 11.8 Å². The molecular formula is C30H28N2O3S. The third-order valence-electron chi connectivity index (χ3n) is 5.68. The average molecular weight is 497 g/mol. The van der Waals surface area contributed by atoms with Crippen LogP contribution in [0, 0.1) is 13.8 Å². The summed E-state index contributed by atoms with van der Waals surface area (Å²) >= 11 is 1.47. The van der Waals surface area contributed by atoms with Gasteiger partial charge >= 0.3 is 0 Å². The highest BCUT2D eigenvalue weighted by Crippen LogP contribution is 2.37. The van der Waals surface area contributed by atoms with Gasteiger partial charge in [0, 0.05) is 21.8 Å². The summed E-state index contributed by atoms with van der Waals surface area (Å²) in [5.74, 6) is 0.318. The predicted octanol–water partition coefficient (Wildman–Crippen LogP) is 7.04. The molecule has 6 heteroatoms. The number of hydrogen-bond donors (Lipinski definition) is 2. The molecular weight excluding hydrogens is 468 g/mol. The van der Waals surface area contributed by atoms with Crippen LogP contribution >= 0.6 is 11.8 Å². The number of aryl methyl sites for hydroxylation is 2. The van der Waals surface area contributed by atoms with Gasteiger partial charge in [-0.25, -0.2) is 0 Å². The molecule has 0 saturated heterocycles. The number of rotatable bonds is 8. The molecule has 4 aromatic rings. The first-order valence-electron chi connectivity index (χ1n) is 11.6. The van der Waals surface area contributed by atoms with Crippen LogP contribution in [-0.2, 0) is 4.79 Å². The predicted molar refractivity (Wildman–Crippen MR) is 147 cm³/mol. The van der Waals surface area contributed by atoms with Crippen LogP contribution in [0.15, 0.2) is 102 Å². The summed E-state index contributed by atoms with van der Waals surface area (Å²) in [6.45, 7) is 4.02. The van der Waals surface area contributed by atoms with Gasteiger partial charge in [-0.1, -0.05) is 54.1 Å². The van der Waals surface area contributed by atoms with Crippen molar-refractivity contribution >= 4 is 35.0 Å². The van der Waals surface area contributed by atoms with E-state index < -0.39 is 5.25 Å². The molecule has 0 heterocycles. The molecule has 4 aromatic carbocycles. The normalized spacial score (nSPS) is 11.4. The molecule has 0 saturated carbocycles. The Labute approximate surface area is 215 Å². The summed E-state index contributed by atoms with van der Waals surface area (Å²) in [5, 5.41) is 5.56. The Morgan fingerprint density at radius 3 is 2.25 bits per heavy atom. The molecule has 182 valence electrons. The van der Waals surface area contributed by atoms with Gasteiger partial charge in [0.05, 0.1) is 7.11 Å². The lowest BCUT2D eigenvalue weighted by atomic mass is 10.1. The minimum atomic E-state index is -0.441. The van der Waals surface area contributed by atoms with Gasteiger partial charge < -0.3 is 15.4 Å². The number of nitrogens with one attached hydrogen (secondary N) is 2. The highest BCUT2D eigenvalue weighted by Gasteiger charge is 2.23. The zero-order valence-corrected chi connectivity index (χ0v) is 21.3. The van der Waals surface area contributed by atoms with Crippen LogP contribution in [0.25, 0.3) is 0 Å². The van der Waals surface area contributed by atoms with Crippen molar-refractivity contribution in [1.82, 2.24) is 0 Å². The highest BCUT2D eigenvalue weighted by atomic mass is 32.2. The summed E-state index contributed by atoms with van der Waals surface area (Å²) in [7, 11) is 1.57. The van der Waals surface area contributed by atoms with Gasteiger partial charge in [-0.05, 0) is 73.5 Å². The monoisotopic (exact) mass is 496 g/mol. The Kier molecular flexibility index (Phi) is 8.08. The van der Waals surface area contributed by atoms with Gasteiger partial charge in [0.1, 0.15) is 11.0 Å². The Hall–Kier alpha value is -4.03. The third-order valence-corrected chi connectivity index (χ3v) is 6.94. The zero-order chi connectivity index (χ0) is 25.5. The quantitative estimate of drug-likeness (QED) is 0.257. The number of amides is 2. The number of carbonyl (C=O) groups excluding carboxylic acids is 2. The van der Waals surface area contributed by atoms with Crippen LogP contribution in [0.1, 0.15) is 32.3 Å². The van der Waals surface area contributed by atoms with E-state index in [0.29, 0.717) is 17.0 Å². The number of thioether (sulfide) groups is 1. The summed E-state index contributed by atoms with van der Waals surface area (Å²) in [6.07, 6.45) is 0. The number of hydrogen-bond acceptors (Lipinski definition) is 4. The molecule has 4 rings (SSSR count). The lowest BCUT2D eigenvalue weighted by molar-refractivity contribution is -0.115. The van der Waals surface area contributed by atoms with E-state index in [1.54, 1.807) is 31.4 Å². The second-order valence-electron chi connectivity index (χ2n) is 8.43. The molecule has 1 atom stereocenters. The first-order chi connectivity index (χ1) is 17.4. The molecule has 0 aliphatic heterocycles. The molecule has 0 aliphatic carbocycles. The Bertz CT molecular complexity index is 1350. The molecule has 2 N–H and O–H groups in total. The summed E-state index contributed by atoms with van der Waals surface area (Å²) < 4.78 is 5.20. The van der Waals surface area contributed by atoms with Crippen LogP contribution in [0.2, 0.25) is 0 Å². The fourth-order valence-corrected chi connectivity index (χ4v) is 4.80. The van der Waals surface area contributed by atoms with Crippen LogP contribution in [0.4, 0.5) is 11.4 Å². The van der Waals surface area contributed by atoms with Crippen LogP contribution < -0.4 is 15.4 Å². The third kappa shape index (κ3) is 6.34. The number of anilines is 2. The molecule has 0 fully saturated rings. The van der Waals surface area contributed by atoms with Crippen LogP contribution in [-0.4, -0.2) is 18.9 Å². The first-order valence-corrected chi connectivity index (χ1v) is 12.5. The molecule has 5 nitrogen and oxygen atoms in total. The smallest absolute Gasteiger partial charge is 0.255 e. The van der Waals surface area contributed by atoms with E-state index in [9.17, 15) is 9.59 Å². The van der Waals surface area contributed by atoms with Gasteiger partial charge in [-0.3, -0.25) is 9.59 Å². The minimum Gasteiger partial charge on any atom is -0.497 e. The Morgan fingerprint density at radius 2 is 1.56 bits per heavy atom. The van der Waals surface area contributed by atoms with Crippen molar-refractivity contribution < 1.29 is 14.3 Å². The molecule has 0 aromatic heterocycles. The maximum Gasteiger partial charge on any atom is 0.255 e. The van der Waals surface area contributed by atoms with Crippen molar-refractivity contribution in [3.8, 4) is 5.75 Å². The topological polar surface area (TPSA) is 67.4 Å². The zero-order valence-electron chi connectivity index (χ0n) is 20.4. The van der Waals surface area contributed by atoms with E-state index in [1.807, 2.05) is 80.6 Å². The number of ether oxygens (including phenoxy) is 1. The molecule has 0 spiro atoms. The molecule has 1 unspecified atom stereocenters. The minimum absolute atomic E-state index is 0.0893. The van der Waals surface area contributed by atoms with E-state index in [0.717, 1.165) is 27.3 Å². The van der Waals surface area contributed by atoms with E-state index in [4.69, 9.17) is 4.74 Å². The average Bonchev–Trinajstić information content (AvgIpc) is 2.90. The van der Waals surface area contributed by atoms with E-state index in [2.05, 4.69) is 16.7 Å². The summed E-state index contributed by atoms with van der Waals surface area (Å²) in [4.78, 5) is 26.9. The highest BCUT2D eigenvalue weighted by molar-refractivity contribution is 8.00. The maximum atomic E-state index is 13.4. The number of carbonyl (C=O) groups is 2. The van der Waals surface area contributed by atoms with E-state index in [-0.39, 0.29) is 11.8 Å². The van der Waals surface area contributed by atoms with Gasteiger partial charge in [-0.15, -0.1) is 11.8 Å².